The first-order valence-electron chi connectivity index (χ1n) is 6.52. The van der Waals surface area contributed by atoms with E-state index in [1.54, 1.807) is 0 Å². The Morgan fingerprint density at radius 1 is 1.33 bits per heavy atom. The average molecular weight is 309 g/mol. The molecule has 3 nitrogen and oxygen atoms in total. The number of anilines is 1. The molecule has 3 rings (SSSR count). The Bertz CT molecular complexity index is 481. The highest BCUT2D eigenvalue weighted by Crippen LogP contribution is 2.36. The van der Waals surface area contributed by atoms with Crippen LogP contribution in [0.2, 0.25) is 0 Å². The zero-order chi connectivity index (χ0) is 12.7. The van der Waals surface area contributed by atoms with E-state index in [9.17, 15) is 4.79 Å². The number of nitrogen functional groups attached to an aromatic ring is 1. The van der Waals surface area contributed by atoms with Crippen molar-refractivity contribution in [1.29, 1.82) is 0 Å². The number of halogens is 1. The molecular formula is C14H17BrN2O. The van der Waals surface area contributed by atoms with E-state index in [-0.39, 0.29) is 5.91 Å². The lowest BCUT2D eigenvalue weighted by molar-refractivity contribution is 0.0734. The molecule has 4 heteroatoms. The van der Waals surface area contributed by atoms with Crippen LogP contribution in [0.15, 0.2) is 22.7 Å². The molecule has 96 valence electrons. The largest absolute Gasteiger partial charge is 0.398 e. The number of carbonyl (C=O) groups is 1. The molecule has 0 heterocycles. The van der Waals surface area contributed by atoms with Gasteiger partial charge in [0.1, 0.15) is 0 Å². The molecule has 1 amide bonds. The molecule has 0 aromatic heterocycles. The van der Waals surface area contributed by atoms with Crippen molar-refractivity contribution in [3.05, 3.63) is 28.2 Å². The lowest BCUT2D eigenvalue weighted by atomic mass is 10.1. The molecule has 0 spiro atoms. The molecule has 2 N–H and O–H groups in total. The molecule has 0 saturated heterocycles. The van der Waals surface area contributed by atoms with Crippen molar-refractivity contribution in [3.63, 3.8) is 0 Å². The Hall–Kier alpha value is -1.03. The second-order valence-corrected chi connectivity index (χ2v) is 6.13. The van der Waals surface area contributed by atoms with Gasteiger partial charge in [0.05, 0.1) is 10.0 Å². The highest BCUT2D eigenvalue weighted by molar-refractivity contribution is 9.10. The lowest BCUT2D eigenvalue weighted by Gasteiger charge is -2.23. The van der Waals surface area contributed by atoms with Gasteiger partial charge in [-0.1, -0.05) is 6.07 Å². The summed E-state index contributed by atoms with van der Waals surface area (Å²) in [6, 6.07) is 5.97. The van der Waals surface area contributed by atoms with Gasteiger partial charge in [0.25, 0.3) is 5.91 Å². The molecule has 2 aliphatic carbocycles. The third kappa shape index (κ3) is 2.39. The second-order valence-electron chi connectivity index (χ2n) is 5.34. The van der Waals surface area contributed by atoms with Gasteiger partial charge in [-0.05, 0) is 59.7 Å². The zero-order valence-electron chi connectivity index (χ0n) is 10.2. The molecule has 2 fully saturated rings. The monoisotopic (exact) mass is 308 g/mol. The summed E-state index contributed by atoms with van der Waals surface area (Å²) in [5.41, 5.74) is 7.17. The highest BCUT2D eigenvalue weighted by atomic mass is 79.9. The molecule has 0 atom stereocenters. The number of amides is 1. The van der Waals surface area contributed by atoms with Crippen LogP contribution in [0.1, 0.15) is 36.0 Å². The Balaban J connectivity index is 1.84. The third-order valence-corrected chi connectivity index (χ3v) is 4.54. The second kappa shape index (κ2) is 4.57. The van der Waals surface area contributed by atoms with E-state index in [0.717, 1.165) is 29.8 Å². The number of hydrogen-bond acceptors (Lipinski definition) is 2. The van der Waals surface area contributed by atoms with Crippen LogP contribution in [-0.4, -0.2) is 23.4 Å². The van der Waals surface area contributed by atoms with Gasteiger partial charge in [-0.15, -0.1) is 0 Å². The highest BCUT2D eigenvalue weighted by Gasteiger charge is 2.37. The maximum absolute atomic E-state index is 12.6. The Morgan fingerprint density at radius 2 is 2.06 bits per heavy atom. The van der Waals surface area contributed by atoms with Gasteiger partial charge in [-0.3, -0.25) is 4.79 Å². The topological polar surface area (TPSA) is 46.3 Å². The number of nitrogens with two attached hydrogens (primary N) is 1. The molecule has 1 aromatic carbocycles. The molecular weight excluding hydrogens is 292 g/mol. The van der Waals surface area contributed by atoms with E-state index >= 15 is 0 Å². The predicted molar refractivity (Wildman–Crippen MR) is 75.3 cm³/mol. The van der Waals surface area contributed by atoms with E-state index in [2.05, 4.69) is 20.8 Å². The van der Waals surface area contributed by atoms with Gasteiger partial charge in [0, 0.05) is 18.3 Å². The first kappa shape index (κ1) is 12.0. The summed E-state index contributed by atoms with van der Waals surface area (Å²) in [6.45, 7) is 0.921. The van der Waals surface area contributed by atoms with Crippen LogP contribution in [-0.2, 0) is 0 Å². The lowest BCUT2D eigenvalue weighted by Crippen LogP contribution is -2.35. The van der Waals surface area contributed by atoms with E-state index in [0.29, 0.717) is 17.3 Å². The minimum absolute atomic E-state index is 0.128. The third-order valence-electron chi connectivity index (χ3n) is 3.66. The molecule has 0 aliphatic heterocycles. The van der Waals surface area contributed by atoms with Crippen molar-refractivity contribution < 1.29 is 4.79 Å². The fourth-order valence-electron chi connectivity index (χ4n) is 2.23. The zero-order valence-corrected chi connectivity index (χ0v) is 11.8. The van der Waals surface area contributed by atoms with Gasteiger partial charge in [0.15, 0.2) is 0 Å². The van der Waals surface area contributed by atoms with Gasteiger partial charge >= 0.3 is 0 Å². The normalized spacial score (nSPS) is 18.7. The van der Waals surface area contributed by atoms with E-state index in [1.807, 2.05) is 18.2 Å². The first-order valence-corrected chi connectivity index (χ1v) is 7.31. The van der Waals surface area contributed by atoms with Crippen molar-refractivity contribution in [3.8, 4) is 0 Å². The number of nitrogens with zero attached hydrogens (tertiary/aromatic N) is 1. The molecule has 2 aliphatic rings. The fourth-order valence-corrected chi connectivity index (χ4v) is 2.67. The smallest absolute Gasteiger partial charge is 0.255 e. The van der Waals surface area contributed by atoms with E-state index in [1.165, 1.54) is 12.8 Å². The predicted octanol–water partition coefficient (Wildman–Crippen LogP) is 3.05. The van der Waals surface area contributed by atoms with Crippen LogP contribution in [0.4, 0.5) is 5.69 Å². The van der Waals surface area contributed by atoms with Crippen LogP contribution in [0.5, 0.6) is 0 Å². The van der Waals surface area contributed by atoms with Crippen LogP contribution >= 0.6 is 15.9 Å². The van der Waals surface area contributed by atoms with Crippen LogP contribution < -0.4 is 5.73 Å². The summed E-state index contributed by atoms with van der Waals surface area (Å²) in [7, 11) is 0. The summed E-state index contributed by atoms with van der Waals surface area (Å²) in [6.07, 6.45) is 4.85. The summed E-state index contributed by atoms with van der Waals surface area (Å²) >= 11 is 3.43. The van der Waals surface area contributed by atoms with E-state index in [4.69, 9.17) is 5.73 Å². The van der Waals surface area contributed by atoms with Crippen molar-refractivity contribution in [2.45, 2.75) is 31.7 Å². The summed E-state index contributed by atoms with van der Waals surface area (Å²) in [5, 5.41) is 0. The molecule has 0 radical (unpaired) electrons. The van der Waals surface area contributed by atoms with Crippen molar-refractivity contribution >= 4 is 27.5 Å². The van der Waals surface area contributed by atoms with Crippen LogP contribution in [0.3, 0.4) is 0 Å². The van der Waals surface area contributed by atoms with Crippen molar-refractivity contribution in [2.24, 2.45) is 5.92 Å². The fraction of sp³-hybridized carbons (Fsp3) is 0.500. The molecule has 1 aromatic rings. The van der Waals surface area contributed by atoms with E-state index < -0.39 is 0 Å². The number of rotatable bonds is 4. The van der Waals surface area contributed by atoms with Gasteiger partial charge in [-0.25, -0.2) is 0 Å². The van der Waals surface area contributed by atoms with Crippen LogP contribution in [0.25, 0.3) is 0 Å². The summed E-state index contributed by atoms with van der Waals surface area (Å²) in [5.74, 6) is 0.859. The van der Waals surface area contributed by atoms with Gasteiger partial charge < -0.3 is 10.6 Å². The maximum atomic E-state index is 12.6. The van der Waals surface area contributed by atoms with Crippen LogP contribution in [0, 0.1) is 5.92 Å². The number of carbonyl (C=O) groups excluding carboxylic acids is 1. The van der Waals surface area contributed by atoms with Crippen molar-refractivity contribution in [2.75, 3.05) is 12.3 Å². The summed E-state index contributed by atoms with van der Waals surface area (Å²) in [4.78, 5) is 14.7. The number of benzene rings is 1. The minimum atomic E-state index is 0.128. The number of hydrogen-bond donors (Lipinski definition) is 1. The van der Waals surface area contributed by atoms with Gasteiger partial charge in [-0.2, -0.15) is 0 Å². The quantitative estimate of drug-likeness (QED) is 0.869. The molecule has 0 unspecified atom stereocenters. The Morgan fingerprint density at radius 3 is 2.67 bits per heavy atom. The summed E-state index contributed by atoms with van der Waals surface area (Å²) < 4.78 is 0.733. The Labute approximate surface area is 115 Å². The molecule has 18 heavy (non-hydrogen) atoms. The SMILES string of the molecule is Nc1cccc(C(=O)N(CC2CC2)C2CC2)c1Br. The standard InChI is InChI=1S/C14H17BrN2O/c15-13-11(2-1-3-12(13)16)14(18)17(10-6-7-10)8-9-4-5-9/h1-3,9-10H,4-8,16H2. The van der Waals surface area contributed by atoms with Gasteiger partial charge in [0.2, 0.25) is 0 Å². The maximum Gasteiger partial charge on any atom is 0.255 e. The Kier molecular flexibility index (Phi) is 3.06. The molecule has 0 bridgehead atoms. The van der Waals surface area contributed by atoms with Crippen molar-refractivity contribution in [1.82, 2.24) is 4.90 Å². The average Bonchev–Trinajstić information content (AvgIpc) is 3.22. The first-order chi connectivity index (χ1) is 8.66. The molecule has 2 saturated carbocycles. The minimum Gasteiger partial charge on any atom is -0.398 e.